The summed E-state index contributed by atoms with van der Waals surface area (Å²) < 4.78 is 75.8. The van der Waals surface area contributed by atoms with Crippen LogP contribution in [-0.2, 0) is 12.4 Å². The Labute approximate surface area is 119 Å². The second-order valence-electron chi connectivity index (χ2n) is 5.26. The van der Waals surface area contributed by atoms with Crippen LogP contribution in [0, 0.1) is 5.92 Å². The number of anilines is 1. The summed E-state index contributed by atoms with van der Waals surface area (Å²) in [5, 5.41) is 2.62. The van der Waals surface area contributed by atoms with Crippen LogP contribution in [0.4, 0.5) is 32.0 Å². The lowest BCUT2D eigenvalue weighted by Gasteiger charge is -2.15. The van der Waals surface area contributed by atoms with E-state index in [1.54, 1.807) is 0 Å². The molecule has 0 amide bonds. The van der Waals surface area contributed by atoms with Crippen molar-refractivity contribution < 1.29 is 26.3 Å². The quantitative estimate of drug-likeness (QED) is 0.553. The van der Waals surface area contributed by atoms with Crippen LogP contribution < -0.4 is 5.32 Å². The van der Waals surface area contributed by atoms with Gasteiger partial charge in [-0.3, -0.25) is 0 Å². The van der Waals surface area contributed by atoms with E-state index in [0.717, 1.165) is 6.42 Å². The maximum Gasteiger partial charge on any atom is 0.416 e. The van der Waals surface area contributed by atoms with Crippen LogP contribution in [-0.4, -0.2) is 6.54 Å². The normalized spacial score (nSPS) is 12.8. The molecule has 1 aromatic rings. The fourth-order valence-corrected chi connectivity index (χ4v) is 1.80. The molecule has 0 fully saturated rings. The van der Waals surface area contributed by atoms with Gasteiger partial charge in [0.2, 0.25) is 0 Å². The van der Waals surface area contributed by atoms with Crippen LogP contribution in [0.2, 0.25) is 0 Å². The zero-order valence-corrected chi connectivity index (χ0v) is 11.7. The Morgan fingerprint density at radius 1 is 0.905 bits per heavy atom. The van der Waals surface area contributed by atoms with Gasteiger partial charge in [0.25, 0.3) is 0 Å². The average molecular weight is 313 g/mol. The number of halogens is 6. The molecule has 0 unspecified atom stereocenters. The number of rotatable bonds is 5. The van der Waals surface area contributed by atoms with Crippen molar-refractivity contribution in [1.29, 1.82) is 0 Å². The molecule has 0 radical (unpaired) electrons. The van der Waals surface area contributed by atoms with Gasteiger partial charge in [-0.05, 0) is 37.0 Å². The molecule has 0 spiro atoms. The highest BCUT2D eigenvalue weighted by Crippen LogP contribution is 2.37. The molecule has 0 atom stereocenters. The zero-order chi connectivity index (χ0) is 16.3. The molecule has 21 heavy (non-hydrogen) atoms. The minimum absolute atomic E-state index is 0.124. The first-order valence-corrected chi connectivity index (χ1v) is 6.53. The second-order valence-corrected chi connectivity index (χ2v) is 5.26. The molecule has 1 nitrogen and oxygen atoms in total. The van der Waals surface area contributed by atoms with Gasteiger partial charge < -0.3 is 5.32 Å². The van der Waals surface area contributed by atoms with Gasteiger partial charge in [-0.1, -0.05) is 13.8 Å². The van der Waals surface area contributed by atoms with Crippen molar-refractivity contribution in [3.63, 3.8) is 0 Å². The number of benzene rings is 1. The Morgan fingerprint density at radius 2 is 1.38 bits per heavy atom. The molecule has 120 valence electrons. The van der Waals surface area contributed by atoms with Gasteiger partial charge in [0.15, 0.2) is 0 Å². The lowest BCUT2D eigenvalue weighted by Crippen LogP contribution is -2.12. The molecule has 1 N–H and O–H groups in total. The Kier molecular flexibility index (Phi) is 5.53. The van der Waals surface area contributed by atoms with E-state index in [1.165, 1.54) is 0 Å². The molecule has 7 heteroatoms. The molecule has 0 saturated heterocycles. The van der Waals surface area contributed by atoms with Crippen LogP contribution in [0.15, 0.2) is 18.2 Å². The molecular weight excluding hydrogens is 296 g/mol. The highest BCUT2D eigenvalue weighted by molar-refractivity contribution is 5.50. The van der Waals surface area contributed by atoms with E-state index in [-0.39, 0.29) is 11.8 Å². The van der Waals surface area contributed by atoms with Gasteiger partial charge in [-0.2, -0.15) is 26.3 Å². The first kappa shape index (κ1) is 17.7. The number of hydrogen-bond donors (Lipinski definition) is 1. The van der Waals surface area contributed by atoms with Gasteiger partial charge in [0.1, 0.15) is 0 Å². The molecule has 0 aromatic heterocycles. The number of alkyl halides is 6. The smallest absolute Gasteiger partial charge is 0.385 e. The monoisotopic (exact) mass is 313 g/mol. The van der Waals surface area contributed by atoms with Crippen molar-refractivity contribution >= 4 is 5.69 Å². The summed E-state index contributed by atoms with van der Waals surface area (Å²) >= 11 is 0. The largest absolute Gasteiger partial charge is 0.416 e. The van der Waals surface area contributed by atoms with E-state index >= 15 is 0 Å². The van der Waals surface area contributed by atoms with E-state index in [2.05, 4.69) is 5.32 Å². The Morgan fingerprint density at radius 3 is 1.76 bits per heavy atom. The molecule has 0 aliphatic heterocycles. The van der Waals surface area contributed by atoms with Crippen LogP contribution in [0.5, 0.6) is 0 Å². The minimum atomic E-state index is -4.81. The van der Waals surface area contributed by atoms with Crippen molar-refractivity contribution in [1.82, 2.24) is 0 Å². The van der Waals surface area contributed by atoms with Crippen molar-refractivity contribution in [2.75, 3.05) is 11.9 Å². The summed E-state index contributed by atoms with van der Waals surface area (Å²) in [4.78, 5) is 0. The Hall–Kier alpha value is -1.40. The van der Waals surface area contributed by atoms with Gasteiger partial charge in [-0.15, -0.1) is 0 Å². The van der Waals surface area contributed by atoms with Gasteiger partial charge >= 0.3 is 12.4 Å². The Bertz CT molecular complexity index is 429. The molecule has 1 aromatic carbocycles. The first-order chi connectivity index (χ1) is 9.50. The second kappa shape index (κ2) is 6.58. The lowest BCUT2D eigenvalue weighted by atomic mass is 10.1. The van der Waals surface area contributed by atoms with Crippen molar-refractivity contribution in [2.45, 2.75) is 39.0 Å². The summed E-state index contributed by atoms with van der Waals surface area (Å²) in [6.45, 7) is 4.31. The SMILES string of the molecule is CC(C)CCCNc1cc(C(F)(F)F)cc(C(F)(F)F)c1. The van der Waals surface area contributed by atoms with E-state index in [9.17, 15) is 26.3 Å². The topological polar surface area (TPSA) is 12.0 Å². The van der Waals surface area contributed by atoms with Crippen LogP contribution in [0.25, 0.3) is 0 Å². The van der Waals surface area contributed by atoms with Crippen LogP contribution in [0.3, 0.4) is 0 Å². The summed E-state index contributed by atoms with van der Waals surface area (Å²) in [7, 11) is 0. The predicted molar refractivity (Wildman–Crippen MR) is 69.0 cm³/mol. The molecule has 0 aliphatic rings. The lowest BCUT2D eigenvalue weighted by molar-refractivity contribution is -0.143. The molecule has 0 aliphatic carbocycles. The fourth-order valence-electron chi connectivity index (χ4n) is 1.80. The van der Waals surface area contributed by atoms with Crippen molar-refractivity contribution in [3.05, 3.63) is 29.3 Å². The van der Waals surface area contributed by atoms with Gasteiger partial charge in [0, 0.05) is 12.2 Å². The van der Waals surface area contributed by atoms with Gasteiger partial charge in [0.05, 0.1) is 11.1 Å². The highest BCUT2D eigenvalue weighted by Gasteiger charge is 2.36. The standard InChI is InChI=1S/C14H17F6N/c1-9(2)4-3-5-21-12-7-10(13(15,16)17)6-11(8-12)14(18,19)20/h6-9,21H,3-5H2,1-2H3. The third-order valence-corrected chi connectivity index (χ3v) is 2.88. The summed E-state index contributed by atoms with van der Waals surface area (Å²) in [6.07, 6.45) is -8.10. The molecule has 0 heterocycles. The van der Waals surface area contributed by atoms with Crippen LogP contribution >= 0.6 is 0 Å². The highest BCUT2D eigenvalue weighted by atomic mass is 19.4. The van der Waals surface area contributed by atoms with Crippen LogP contribution in [0.1, 0.15) is 37.8 Å². The third-order valence-electron chi connectivity index (χ3n) is 2.88. The third kappa shape index (κ3) is 5.85. The van der Waals surface area contributed by atoms with Crippen molar-refractivity contribution in [3.8, 4) is 0 Å². The maximum atomic E-state index is 12.6. The number of hydrogen-bond acceptors (Lipinski definition) is 1. The summed E-state index contributed by atoms with van der Waals surface area (Å²) in [6, 6.07) is 1.52. The van der Waals surface area contributed by atoms with E-state index in [1.807, 2.05) is 13.8 Å². The molecular formula is C14H17F6N. The van der Waals surface area contributed by atoms with Gasteiger partial charge in [-0.25, -0.2) is 0 Å². The molecule has 1 rings (SSSR count). The predicted octanol–water partition coefficient (Wildman–Crippen LogP) is 5.57. The number of nitrogens with one attached hydrogen (secondary N) is 1. The average Bonchev–Trinajstić information content (AvgIpc) is 2.32. The minimum Gasteiger partial charge on any atom is -0.385 e. The first-order valence-electron chi connectivity index (χ1n) is 6.53. The van der Waals surface area contributed by atoms with E-state index in [4.69, 9.17) is 0 Å². The van der Waals surface area contributed by atoms with Crippen molar-refractivity contribution in [2.24, 2.45) is 5.92 Å². The molecule has 0 bridgehead atoms. The summed E-state index contributed by atoms with van der Waals surface area (Å²) in [5.41, 5.74) is -2.77. The zero-order valence-electron chi connectivity index (χ0n) is 11.7. The summed E-state index contributed by atoms with van der Waals surface area (Å²) in [5.74, 6) is 0.430. The molecule has 0 saturated carbocycles. The fraction of sp³-hybridized carbons (Fsp3) is 0.571. The Balaban J connectivity index is 2.93. The van der Waals surface area contributed by atoms with E-state index in [0.29, 0.717) is 31.0 Å². The van der Waals surface area contributed by atoms with E-state index < -0.39 is 23.5 Å². The maximum absolute atomic E-state index is 12.6.